The number of benzene rings is 1. The molecule has 0 spiro atoms. The van der Waals surface area contributed by atoms with Gasteiger partial charge in [-0.2, -0.15) is 0 Å². The van der Waals surface area contributed by atoms with Crippen molar-refractivity contribution in [2.24, 2.45) is 0 Å². The normalized spacial score (nSPS) is 12.8. The van der Waals surface area contributed by atoms with Gasteiger partial charge in [-0.25, -0.2) is 0 Å². The average Bonchev–Trinajstić information content (AvgIpc) is 2.22. The molecule has 1 aromatic carbocycles. The molecule has 90 valence electrons. The van der Waals surface area contributed by atoms with Crippen molar-refractivity contribution in [1.82, 2.24) is 0 Å². The molecule has 0 heterocycles. The summed E-state index contributed by atoms with van der Waals surface area (Å²) in [4.78, 5) is 1.34. The fourth-order valence-electron chi connectivity index (χ4n) is 1.65. The number of quaternary nitrogens is 1. The van der Waals surface area contributed by atoms with Crippen LogP contribution in [0, 0.1) is 0 Å². The quantitative estimate of drug-likeness (QED) is 0.838. The number of nitrogens with one attached hydrogen (secondary N) is 1. The Morgan fingerprint density at radius 1 is 1.31 bits per heavy atom. The van der Waals surface area contributed by atoms with Gasteiger partial charge in [0.15, 0.2) is 0 Å². The van der Waals surface area contributed by atoms with E-state index in [9.17, 15) is 5.11 Å². The second-order valence-corrected chi connectivity index (χ2v) is 4.98. The fraction of sp³-hybridized carbons (Fsp3) is 0.500. The Labute approximate surface area is 107 Å². The predicted molar refractivity (Wildman–Crippen MR) is 68.5 cm³/mol. The molecule has 0 aliphatic rings. The summed E-state index contributed by atoms with van der Waals surface area (Å²) in [7, 11) is 2.10. The SMILES string of the molecule is CCCC[NH+](C)Cc1cc(Cl)cc(Cl)c1O. The summed E-state index contributed by atoms with van der Waals surface area (Å²) in [6, 6.07) is 3.33. The summed E-state index contributed by atoms with van der Waals surface area (Å²) >= 11 is 11.8. The Balaban J connectivity index is 2.72. The highest BCUT2D eigenvalue weighted by Crippen LogP contribution is 2.30. The van der Waals surface area contributed by atoms with Gasteiger partial charge in [0.05, 0.1) is 24.2 Å². The van der Waals surface area contributed by atoms with Crippen LogP contribution >= 0.6 is 23.2 Å². The summed E-state index contributed by atoms with van der Waals surface area (Å²) in [5.74, 6) is 0.155. The molecule has 2 nitrogen and oxygen atoms in total. The van der Waals surface area contributed by atoms with E-state index >= 15 is 0 Å². The van der Waals surface area contributed by atoms with E-state index in [0.717, 1.165) is 18.7 Å². The zero-order valence-corrected chi connectivity index (χ0v) is 11.2. The van der Waals surface area contributed by atoms with Crippen LogP contribution in [0.1, 0.15) is 25.3 Å². The maximum atomic E-state index is 9.79. The van der Waals surface area contributed by atoms with Crippen molar-refractivity contribution in [3.05, 3.63) is 27.7 Å². The summed E-state index contributed by atoms with van der Waals surface area (Å²) in [5, 5.41) is 10.7. The first-order valence-corrected chi connectivity index (χ1v) is 6.28. The van der Waals surface area contributed by atoms with Gasteiger partial charge in [0.2, 0.25) is 0 Å². The van der Waals surface area contributed by atoms with Gasteiger partial charge in [-0.3, -0.25) is 0 Å². The van der Waals surface area contributed by atoms with E-state index in [2.05, 4.69) is 14.0 Å². The second kappa shape index (κ2) is 6.33. The summed E-state index contributed by atoms with van der Waals surface area (Å²) in [6.07, 6.45) is 2.36. The van der Waals surface area contributed by atoms with Crippen molar-refractivity contribution < 1.29 is 10.0 Å². The number of halogens is 2. The van der Waals surface area contributed by atoms with Crippen LogP contribution in [0.2, 0.25) is 10.0 Å². The zero-order valence-electron chi connectivity index (χ0n) is 9.69. The van der Waals surface area contributed by atoms with Crippen molar-refractivity contribution in [2.45, 2.75) is 26.3 Å². The first-order valence-electron chi connectivity index (χ1n) is 5.52. The highest BCUT2D eigenvalue weighted by molar-refractivity contribution is 6.35. The van der Waals surface area contributed by atoms with Gasteiger partial charge < -0.3 is 10.0 Å². The van der Waals surface area contributed by atoms with E-state index in [1.165, 1.54) is 17.7 Å². The molecule has 0 saturated carbocycles. The van der Waals surface area contributed by atoms with Crippen molar-refractivity contribution in [2.75, 3.05) is 13.6 Å². The number of aromatic hydroxyl groups is 1. The second-order valence-electron chi connectivity index (χ2n) is 4.13. The molecule has 0 amide bonds. The molecule has 1 aromatic rings. The number of phenolic OH excluding ortho intramolecular Hbond substituents is 1. The van der Waals surface area contributed by atoms with Crippen molar-refractivity contribution in [1.29, 1.82) is 0 Å². The highest BCUT2D eigenvalue weighted by Gasteiger charge is 2.12. The van der Waals surface area contributed by atoms with E-state index in [-0.39, 0.29) is 5.75 Å². The van der Waals surface area contributed by atoms with Crippen LogP contribution in [0.3, 0.4) is 0 Å². The molecular weight excluding hydrogens is 245 g/mol. The smallest absolute Gasteiger partial charge is 0.143 e. The molecule has 0 aliphatic carbocycles. The highest BCUT2D eigenvalue weighted by atomic mass is 35.5. The molecule has 0 fully saturated rings. The maximum Gasteiger partial charge on any atom is 0.143 e. The van der Waals surface area contributed by atoms with Crippen LogP contribution in [0.4, 0.5) is 0 Å². The number of hydrogen-bond donors (Lipinski definition) is 2. The molecule has 0 aliphatic heterocycles. The van der Waals surface area contributed by atoms with E-state index in [0.29, 0.717) is 10.0 Å². The fourth-order valence-corrected chi connectivity index (χ4v) is 2.18. The van der Waals surface area contributed by atoms with Gasteiger partial charge in [0, 0.05) is 5.02 Å². The monoisotopic (exact) mass is 262 g/mol. The number of phenols is 1. The Morgan fingerprint density at radius 2 is 2.00 bits per heavy atom. The van der Waals surface area contributed by atoms with Crippen LogP contribution in [0.15, 0.2) is 12.1 Å². The molecular formula is C12H18Cl2NO+. The lowest BCUT2D eigenvalue weighted by atomic mass is 10.2. The van der Waals surface area contributed by atoms with E-state index in [1.54, 1.807) is 12.1 Å². The lowest BCUT2D eigenvalue weighted by Crippen LogP contribution is -3.07. The minimum atomic E-state index is 0.155. The number of unbranched alkanes of at least 4 members (excludes halogenated alkanes) is 1. The van der Waals surface area contributed by atoms with Crippen LogP contribution in [-0.2, 0) is 6.54 Å². The van der Waals surface area contributed by atoms with Crippen LogP contribution in [0.25, 0.3) is 0 Å². The summed E-state index contributed by atoms with van der Waals surface area (Å²) in [5.41, 5.74) is 0.811. The molecule has 0 saturated heterocycles. The van der Waals surface area contributed by atoms with Crippen LogP contribution in [-0.4, -0.2) is 18.7 Å². The minimum absolute atomic E-state index is 0.155. The summed E-state index contributed by atoms with van der Waals surface area (Å²) in [6.45, 7) is 3.99. The molecule has 0 aromatic heterocycles. The molecule has 2 N–H and O–H groups in total. The van der Waals surface area contributed by atoms with Crippen molar-refractivity contribution >= 4 is 23.2 Å². The zero-order chi connectivity index (χ0) is 12.1. The van der Waals surface area contributed by atoms with Crippen LogP contribution in [0.5, 0.6) is 5.75 Å². The van der Waals surface area contributed by atoms with Crippen molar-refractivity contribution in [3.8, 4) is 5.75 Å². The molecule has 16 heavy (non-hydrogen) atoms. The third-order valence-electron chi connectivity index (χ3n) is 2.56. The standard InChI is InChI=1S/C12H17Cl2NO/c1-3-4-5-15(2)8-9-6-10(13)7-11(14)12(9)16/h6-7,16H,3-5,8H2,1-2H3/p+1. The van der Waals surface area contributed by atoms with Crippen molar-refractivity contribution in [3.63, 3.8) is 0 Å². The van der Waals surface area contributed by atoms with E-state index in [4.69, 9.17) is 23.2 Å². The molecule has 1 unspecified atom stereocenters. The number of hydrogen-bond acceptors (Lipinski definition) is 1. The molecule has 1 rings (SSSR count). The third-order valence-corrected chi connectivity index (χ3v) is 3.06. The molecule has 4 heteroatoms. The molecule has 0 bridgehead atoms. The average molecular weight is 263 g/mol. The predicted octanol–water partition coefficient (Wildman–Crippen LogP) is 2.51. The molecule has 0 radical (unpaired) electrons. The first kappa shape index (κ1) is 13.6. The van der Waals surface area contributed by atoms with Crippen LogP contribution < -0.4 is 4.90 Å². The van der Waals surface area contributed by atoms with Gasteiger partial charge in [-0.1, -0.05) is 36.5 Å². The Kier molecular flexibility index (Phi) is 5.39. The van der Waals surface area contributed by atoms with Gasteiger partial charge in [-0.05, 0) is 18.6 Å². The Hall–Kier alpha value is -0.440. The van der Waals surface area contributed by atoms with E-state index in [1.807, 2.05) is 0 Å². The minimum Gasteiger partial charge on any atom is -0.506 e. The van der Waals surface area contributed by atoms with E-state index < -0.39 is 0 Å². The third kappa shape index (κ3) is 3.85. The Morgan fingerprint density at radius 3 is 2.62 bits per heavy atom. The maximum absolute atomic E-state index is 9.79. The first-order chi connectivity index (χ1) is 7.54. The largest absolute Gasteiger partial charge is 0.506 e. The van der Waals surface area contributed by atoms with Gasteiger partial charge in [-0.15, -0.1) is 0 Å². The molecule has 1 atom stereocenters. The number of rotatable bonds is 5. The van der Waals surface area contributed by atoms with Gasteiger partial charge >= 0.3 is 0 Å². The lowest BCUT2D eigenvalue weighted by molar-refractivity contribution is -0.894. The Bertz CT molecular complexity index is 355. The lowest BCUT2D eigenvalue weighted by Gasteiger charge is -2.15. The van der Waals surface area contributed by atoms with Gasteiger partial charge in [0.1, 0.15) is 12.3 Å². The summed E-state index contributed by atoms with van der Waals surface area (Å²) < 4.78 is 0. The van der Waals surface area contributed by atoms with Gasteiger partial charge in [0.25, 0.3) is 0 Å². The topological polar surface area (TPSA) is 24.7 Å².